The van der Waals surface area contributed by atoms with Gasteiger partial charge in [-0.3, -0.25) is 0 Å². The van der Waals surface area contributed by atoms with E-state index in [2.05, 4.69) is 17.0 Å². The van der Waals surface area contributed by atoms with Gasteiger partial charge in [-0.2, -0.15) is 9.36 Å². The Bertz CT molecular complexity index is 940. The predicted molar refractivity (Wildman–Crippen MR) is 92.2 cm³/mol. The Kier molecular flexibility index (Phi) is 4.29. The van der Waals surface area contributed by atoms with Gasteiger partial charge in [0.2, 0.25) is 0 Å². The minimum absolute atomic E-state index is 0.297. The van der Waals surface area contributed by atoms with Gasteiger partial charge < -0.3 is 4.74 Å². The van der Waals surface area contributed by atoms with E-state index in [9.17, 15) is 4.79 Å². The Morgan fingerprint density at radius 2 is 1.96 bits per heavy atom. The first-order valence-corrected chi connectivity index (χ1v) is 7.54. The summed E-state index contributed by atoms with van der Waals surface area (Å²) in [6, 6.07) is 13.4. The molecule has 1 aromatic heterocycles. The first-order valence-electron chi connectivity index (χ1n) is 7.54. The second-order valence-corrected chi connectivity index (χ2v) is 5.40. The summed E-state index contributed by atoms with van der Waals surface area (Å²) in [4.78, 5) is 12.2. The number of hydrogen-bond acceptors (Lipinski definition) is 4. The van der Waals surface area contributed by atoms with Crippen LogP contribution in [-0.2, 0) is 13.7 Å². The first kappa shape index (κ1) is 15.7. The summed E-state index contributed by atoms with van der Waals surface area (Å²) >= 11 is 0. The van der Waals surface area contributed by atoms with E-state index in [1.165, 1.54) is 9.36 Å². The van der Waals surface area contributed by atoms with Crippen LogP contribution < -0.4 is 10.4 Å². The molecule has 2 aromatic carbocycles. The molecule has 0 spiro atoms. The van der Waals surface area contributed by atoms with Crippen molar-refractivity contribution in [3.63, 3.8) is 0 Å². The fourth-order valence-electron chi connectivity index (χ4n) is 2.47. The fourth-order valence-corrected chi connectivity index (χ4v) is 2.47. The molecule has 0 saturated heterocycles. The number of hydrogen-bond donors (Lipinski definition) is 0. The lowest BCUT2D eigenvalue weighted by atomic mass is 10.1. The highest BCUT2D eigenvalue weighted by Gasteiger charge is 2.14. The monoisotopic (exact) mass is 322 g/mol. The van der Waals surface area contributed by atoms with E-state index >= 15 is 0 Å². The van der Waals surface area contributed by atoms with Crippen molar-refractivity contribution in [2.24, 2.45) is 7.05 Å². The van der Waals surface area contributed by atoms with Crippen molar-refractivity contribution in [1.82, 2.24) is 19.8 Å². The zero-order valence-electron chi connectivity index (χ0n) is 13.6. The molecule has 0 atom stereocenters. The van der Waals surface area contributed by atoms with E-state index in [1.807, 2.05) is 49.4 Å². The summed E-state index contributed by atoms with van der Waals surface area (Å²) in [5, 5.41) is 7.69. The molecule has 3 rings (SSSR count). The number of rotatable bonds is 5. The van der Waals surface area contributed by atoms with Gasteiger partial charge in [-0.05, 0) is 40.6 Å². The highest BCUT2D eigenvalue weighted by Crippen LogP contribution is 2.23. The van der Waals surface area contributed by atoms with Crippen LogP contribution in [0, 0.1) is 6.92 Å². The van der Waals surface area contributed by atoms with Crippen LogP contribution in [0.3, 0.4) is 0 Å². The summed E-state index contributed by atoms with van der Waals surface area (Å²) in [6.07, 6.45) is 1.74. The third-order valence-electron chi connectivity index (χ3n) is 3.82. The van der Waals surface area contributed by atoms with Crippen molar-refractivity contribution in [3.05, 3.63) is 76.2 Å². The average molecular weight is 322 g/mol. The Balaban J connectivity index is 2.03. The van der Waals surface area contributed by atoms with Crippen LogP contribution >= 0.6 is 0 Å². The number of para-hydroxylation sites is 1. The molecule has 0 N–H and O–H groups in total. The van der Waals surface area contributed by atoms with Gasteiger partial charge >= 0.3 is 5.69 Å². The van der Waals surface area contributed by atoms with Crippen LogP contribution in [0.1, 0.15) is 16.7 Å². The average Bonchev–Trinajstić information content (AvgIpc) is 2.93. The van der Waals surface area contributed by atoms with Crippen LogP contribution in [-0.4, -0.2) is 19.8 Å². The molecular weight excluding hydrogens is 304 g/mol. The first-order chi connectivity index (χ1) is 11.6. The fraction of sp³-hybridized carbons (Fsp3) is 0.167. The normalized spacial score (nSPS) is 10.6. The second-order valence-electron chi connectivity index (χ2n) is 5.40. The molecule has 0 amide bonds. The van der Waals surface area contributed by atoms with Crippen molar-refractivity contribution >= 4 is 6.08 Å². The van der Waals surface area contributed by atoms with Gasteiger partial charge in [0, 0.05) is 12.6 Å². The van der Waals surface area contributed by atoms with Crippen molar-refractivity contribution in [2.45, 2.75) is 13.5 Å². The molecule has 0 aliphatic rings. The molecule has 0 aliphatic carbocycles. The van der Waals surface area contributed by atoms with Gasteiger partial charge in [0.05, 0.1) is 5.69 Å². The number of ether oxygens (including phenoxy) is 1. The topological polar surface area (TPSA) is 61.9 Å². The van der Waals surface area contributed by atoms with Crippen LogP contribution in [0.2, 0.25) is 0 Å². The summed E-state index contributed by atoms with van der Waals surface area (Å²) in [7, 11) is 1.56. The lowest BCUT2D eigenvalue weighted by molar-refractivity contribution is 0.303. The Hall–Kier alpha value is -3.15. The Labute approximate surface area is 139 Å². The molecule has 122 valence electrons. The Morgan fingerprint density at radius 3 is 2.62 bits per heavy atom. The molecule has 0 aliphatic heterocycles. The standard InChI is InChI=1S/C18H18N4O2/c1-4-14-9-7-10-16(22-18(23)21(3)19-20-22)15(14)12-24-17-11-6-5-8-13(17)2/h4-11H,1,12H2,2-3H3. The molecule has 0 radical (unpaired) electrons. The summed E-state index contributed by atoms with van der Waals surface area (Å²) in [6.45, 7) is 6.13. The van der Waals surface area contributed by atoms with Crippen molar-refractivity contribution < 1.29 is 4.74 Å². The van der Waals surface area contributed by atoms with Crippen LogP contribution in [0.25, 0.3) is 11.8 Å². The number of aryl methyl sites for hydroxylation is 2. The van der Waals surface area contributed by atoms with Crippen molar-refractivity contribution in [1.29, 1.82) is 0 Å². The molecule has 0 unspecified atom stereocenters. The van der Waals surface area contributed by atoms with Gasteiger partial charge in [0.25, 0.3) is 0 Å². The number of nitrogens with zero attached hydrogens (tertiary/aromatic N) is 4. The molecule has 24 heavy (non-hydrogen) atoms. The minimum Gasteiger partial charge on any atom is -0.489 e. The van der Waals surface area contributed by atoms with Gasteiger partial charge in [-0.25, -0.2) is 4.79 Å². The van der Waals surface area contributed by atoms with Crippen LogP contribution in [0.5, 0.6) is 5.75 Å². The van der Waals surface area contributed by atoms with Crippen molar-refractivity contribution in [3.8, 4) is 11.4 Å². The van der Waals surface area contributed by atoms with E-state index in [0.29, 0.717) is 12.3 Å². The van der Waals surface area contributed by atoms with Gasteiger partial charge in [-0.1, -0.05) is 43.0 Å². The summed E-state index contributed by atoms with van der Waals surface area (Å²) in [5.41, 5.74) is 3.09. The molecule has 0 fully saturated rings. The van der Waals surface area contributed by atoms with E-state index in [0.717, 1.165) is 22.4 Å². The van der Waals surface area contributed by atoms with E-state index in [1.54, 1.807) is 13.1 Å². The number of aromatic nitrogens is 4. The molecule has 0 bridgehead atoms. The predicted octanol–water partition coefficient (Wildman–Crippen LogP) is 2.50. The smallest absolute Gasteiger partial charge is 0.368 e. The quantitative estimate of drug-likeness (QED) is 0.724. The maximum absolute atomic E-state index is 12.2. The maximum atomic E-state index is 12.2. The lowest BCUT2D eigenvalue weighted by Gasteiger charge is -2.14. The number of benzene rings is 2. The molecule has 1 heterocycles. The van der Waals surface area contributed by atoms with E-state index in [-0.39, 0.29) is 5.69 Å². The largest absolute Gasteiger partial charge is 0.489 e. The lowest BCUT2D eigenvalue weighted by Crippen LogP contribution is -2.23. The zero-order chi connectivity index (χ0) is 17.1. The molecule has 3 aromatic rings. The van der Waals surface area contributed by atoms with E-state index in [4.69, 9.17) is 4.74 Å². The third-order valence-corrected chi connectivity index (χ3v) is 3.82. The molecule has 0 saturated carbocycles. The Morgan fingerprint density at radius 1 is 1.17 bits per heavy atom. The molecule has 6 nitrogen and oxygen atoms in total. The highest BCUT2D eigenvalue weighted by atomic mass is 16.5. The van der Waals surface area contributed by atoms with Crippen LogP contribution in [0.4, 0.5) is 0 Å². The number of tetrazole rings is 1. The van der Waals surface area contributed by atoms with Gasteiger partial charge in [0.15, 0.2) is 0 Å². The summed E-state index contributed by atoms with van der Waals surface area (Å²) < 4.78 is 8.41. The molecule has 6 heteroatoms. The van der Waals surface area contributed by atoms with E-state index < -0.39 is 0 Å². The summed E-state index contributed by atoms with van der Waals surface area (Å²) in [5.74, 6) is 0.800. The van der Waals surface area contributed by atoms with Crippen molar-refractivity contribution in [2.75, 3.05) is 0 Å². The highest BCUT2D eigenvalue weighted by molar-refractivity contribution is 5.58. The minimum atomic E-state index is -0.312. The third kappa shape index (κ3) is 2.86. The zero-order valence-corrected chi connectivity index (χ0v) is 13.6. The molecular formula is C18H18N4O2. The second kappa shape index (κ2) is 6.54. The van der Waals surface area contributed by atoms with Gasteiger partial charge in [-0.15, -0.1) is 0 Å². The van der Waals surface area contributed by atoms with Gasteiger partial charge in [0.1, 0.15) is 12.4 Å². The SMILES string of the molecule is C=Cc1cccc(-n2nnn(C)c2=O)c1COc1ccccc1C. The van der Waals surface area contributed by atoms with Crippen LogP contribution in [0.15, 0.2) is 53.8 Å². The maximum Gasteiger partial charge on any atom is 0.368 e.